The highest BCUT2D eigenvalue weighted by Crippen LogP contribution is 2.18. The third-order valence-electron chi connectivity index (χ3n) is 9.10. The molecule has 0 spiro atoms. The molecule has 4 nitrogen and oxygen atoms in total. The van der Waals surface area contributed by atoms with Crippen LogP contribution in [-0.4, -0.2) is 35.2 Å². The summed E-state index contributed by atoms with van der Waals surface area (Å²) in [7, 11) is 0. The van der Waals surface area contributed by atoms with E-state index in [1.54, 1.807) is 0 Å². The van der Waals surface area contributed by atoms with E-state index in [-0.39, 0.29) is 6.10 Å². The standard InChI is InChI=1S/C42H76N2O2/c1-3-5-7-9-11-13-15-17-19-21-23-25-27-29-31-33-35-42(46-43-41-37-39-44(45)40-38-41)36-34-32-30-28-26-24-22-20-18-16-14-12-10-8-6-4-2/h11-14,17-20,42,45H,3-10,15-16,21-40H2,1-2H3/b13-11-,14-12-,19-17-,20-18-. The maximum atomic E-state index is 9.65. The van der Waals surface area contributed by atoms with Crippen LogP contribution in [0, 0.1) is 0 Å². The molecule has 1 heterocycles. The van der Waals surface area contributed by atoms with Crippen LogP contribution >= 0.6 is 0 Å². The Labute approximate surface area is 286 Å². The van der Waals surface area contributed by atoms with Gasteiger partial charge in [0, 0.05) is 25.9 Å². The zero-order valence-electron chi connectivity index (χ0n) is 30.7. The minimum Gasteiger partial charge on any atom is -0.393 e. The number of nitrogens with zero attached hydrogens (tertiary/aromatic N) is 2. The van der Waals surface area contributed by atoms with Gasteiger partial charge in [-0.05, 0) is 89.9 Å². The van der Waals surface area contributed by atoms with Gasteiger partial charge in [0.25, 0.3) is 0 Å². The van der Waals surface area contributed by atoms with Crippen molar-refractivity contribution in [3.05, 3.63) is 48.6 Å². The van der Waals surface area contributed by atoms with Crippen LogP contribution in [0.2, 0.25) is 0 Å². The van der Waals surface area contributed by atoms with E-state index in [9.17, 15) is 5.21 Å². The number of hydrogen-bond acceptors (Lipinski definition) is 4. The highest BCUT2D eigenvalue weighted by molar-refractivity contribution is 5.84. The Morgan fingerprint density at radius 1 is 0.543 bits per heavy atom. The number of hydroxylamine groups is 2. The Kier molecular flexibility index (Phi) is 31.9. The molecule has 1 fully saturated rings. The van der Waals surface area contributed by atoms with Gasteiger partial charge in [0.15, 0.2) is 0 Å². The van der Waals surface area contributed by atoms with E-state index in [4.69, 9.17) is 4.84 Å². The molecule has 1 aliphatic heterocycles. The average Bonchev–Trinajstić information content (AvgIpc) is 3.07. The van der Waals surface area contributed by atoms with E-state index in [2.05, 4.69) is 67.6 Å². The molecule has 0 aromatic carbocycles. The Hall–Kier alpha value is -1.65. The van der Waals surface area contributed by atoms with Crippen LogP contribution in [0.15, 0.2) is 53.8 Å². The normalized spacial score (nSPS) is 14.7. The lowest BCUT2D eigenvalue weighted by molar-refractivity contribution is -0.0915. The quantitative estimate of drug-likeness (QED) is 0.0452. The fourth-order valence-corrected chi connectivity index (χ4v) is 5.96. The van der Waals surface area contributed by atoms with Crippen LogP contribution in [-0.2, 0) is 4.84 Å². The largest absolute Gasteiger partial charge is 0.393 e. The summed E-state index contributed by atoms with van der Waals surface area (Å²) in [4.78, 5) is 6.13. The van der Waals surface area contributed by atoms with Crippen molar-refractivity contribution in [1.82, 2.24) is 5.06 Å². The van der Waals surface area contributed by atoms with Crippen molar-refractivity contribution < 1.29 is 10.0 Å². The molecule has 0 aromatic rings. The second-order valence-corrected chi connectivity index (χ2v) is 13.6. The fourth-order valence-electron chi connectivity index (χ4n) is 5.96. The summed E-state index contributed by atoms with van der Waals surface area (Å²) in [6.07, 6.45) is 53.8. The SMILES string of the molecule is CCCCC/C=C\C/C=C\CCCCCCCCC(CCCCCCCC/C=C\C/C=C\CCCCC)ON=C1CCN(O)CC1. The summed E-state index contributed by atoms with van der Waals surface area (Å²) < 4.78 is 0. The summed E-state index contributed by atoms with van der Waals surface area (Å²) in [5, 5.41) is 15.6. The molecule has 1 saturated heterocycles. The molecule has 266 valence electrons. The summed E-state index contributed by atoms with van der Waals surface area (Å²) in [6, 6.07) is 0. The van der Waals surface area contributed by atoms with Gasteiger partial charge in [-0.3, -0.25) is 0 Å². The van der Waals surface area contributed by atoms with Gasteiger partial charge in [0.2, 0.25) is 0 Å². The first-order valence-corrected chi connectivity index (χ1v) is 20.0. The smallest absolute Gasteiger partial charge is 0.127 e. The van der Waals surface area contributed by atoms with Crippen molar-refractivity contribution in [1.29, 1.82) is 0 Å². The highest BCUT2D eigenvalue weighted by atomic mass is 16.6. The molecule has 46 heavy (non-hydrogen) atoms. The predicted octanol–water partition coefficient (Wildman–Crippen LogP) is 13.6. The first-order valence-electron chi connectivity index (χ1n) is 20.0. The first kappa shape index (κ1) is 42.4. The van der Waals surface area contributed by atoms with E-state index in [1.165, 1.54) is 146 Å². The predicted molar refractivity (Wildman–Crippen MR) is 203 cm³/mol. The molecular weight excluding hydrogens is 564 g/mol. The van der Waals surface area contributed by atoms with Crippen molar-refractivity contribution in [3.8, 4) is 0 Å². The molecule has 0 bridgehead atoms. The lowest BCUT2D eigenvalue weighted by Gasteiger charge is -2.22. The maximum absolute atomic E-state index is 9.65. The summed E-state index contributed by atoms with van der Waals surface area (Å²) in [5.74, 6) is 0. The van der Waals surface area contributed by atoms with Gasteiger partial charge < -0.3 is 10.0 Å². The van der Waals surface area contributed by atoms with E-state index in [0.717, 1.165) is 44.2 Å². The highest BCUT2D eigenvalue weighted by Gasteiger charge is 2.15. The lowest BCUT2D eigenvalue weighted by Crippen LogP contribution is -2.31. The fraction of sp³-hybridized carbons (Fsp3) is 0.786. The van der Waals surface area contributed by atoms with E-state index >= 15 is 0 Å². The van der Waals surface area contributed by atoms with Gasteiger partial charge in [0.1, 0.15) is 6.10 Å². The van der Waals surface area contributed by atoms with Crippen LogP contribution in [0.3, 0.4) is 0 Å². The van der Waals surface area contributed by atoms with Crippen LogP contribution in [0.4, 0.5) is 0 Å². The number of allylic oxidation sites excluding steroid dienone is 8. The second kappa shape index (κ2) is 34.7. The molecule has 0 amide bonds. The zero-order chi connectivity index (χ0) is 33.0. The summed E-state index contributed by atoms with van der Waals surface area (Å²) in [6.45, 7) is 5.87. The lowest BCUT2D eigenvalue weighted by atomic mass is 10.0. The molecule has 1 N–H and O–H groups in total. The Morgan fingerprint density at radius 2 is 0.913 bits per heavy atom. The van der Waals surface area contributed by atoms with Gasteiger partial charge in [0.05, 0.1) is 5.71 Å². The van der Waals surface area contributed by atoms with Gasteiger partial charge >= 0.3 is 0 Å². The van der Waals surface area contributed by atoms with Gasteiger partial charge in [-0.15, -0.1) is 0 Å². The minimum atomic E-state index is 0.247. The van der Waals surface area contributed by atoms with Crippen molar-refractivity contribution in [2.24, 2.45) is 5.16 Å². The van der Waals surface area contributed by atoms with Crippen LogP contribution in [0.5, 0.6) is 0 Å². The Bertz CT molecular complexity index is 727. The number of oxime groups is 1. The molecule has 1 aliphatic rings. The first-order chi connectivity index (χ1) is 22.8. The number of piperidine rings is 1. The molecule has 0 aliphatic carbocycles. The molecule has 0 unspecified atom stereocenters. The van der Waals surface area contributed by atoms with Crippen LogP contribution < -0.4 is 0 Å². The van der Waals surface area contributed by atoms with Gasteiger partial charge in [-0.1, -0.05) is 145 Å². The van der Waals surface area contributed by atoms with Crippen LogP contribution in [0.25, 0.3) is 0 Å². The summed E-state index contributed by atoms with van der Waals surface area (Å²) >= 11 is 0. The Morgan fingerprint density at radius 3 is 1.33 bits per heavy atom. The molecular formula is C42H76N2O2. The number of rotatable bonds is 32. The van der Waals surface area contributed by atoms with E-state index in [0.29, 0.717) is 13.1 Å². The third-order valence-corrected chi connectivity index (χ3v) is 9.10. The minimum absolute atomic E-state index is 0.247. The number of hydrogen-bond donors (Lipinski definition) is 1. The van der Waals surface area contributed by atoms with Crippen LogP contribution in [0.1, 0.15) is 194 Å². The van der Waals surface area contributed by atoms with Crippen molar-refractivity contribution in [3.63, 3.8) is 0 Å². The molecule has 0 aromatic heterocycles. The molecule has 0 saturated carbocycles. The second-order valence-electron chi connectivity index (χ2n) is 13.6. The molecule has 1 rings (SSSR count). The number of unbranched alkanes of at least 4 members (excludes halogenated alkanes) is 18. The zero-order valence-corrected chi connectivity index (χ0v) is 30.7. The average molecular weight is 641 g/mol. The summed E-state index contributed by atoms with van der Waals surface area (Å²) in [5.41, 5.74) is 1.12. The molecule has 0 radical (unpaired) electrons. The topological polar surface area (TPSA) is 45.1 Å². The molecule has 0 atom stereocenters. The van der Waals surface area contributed by atoms with Gasteiger partial charge in [-0.2, -0.15) is 5.06 Å². The Balaban J connectivity index is 2.12. The third kappa shape index (κ3) is 29.7. The van der Waals surface area contributed by atoms with Crippen molar-refractivity contribution >= 4 is 5.71 Å². The van der Waals surface area contributed by atoms with Crippen molar-refractivity contribution in [2.75, 3.05) is 13.1 Å². The van der Waals surface area contributed by atoms with Crippen molar-refractivity contribution in [2.45, 2.75) is 200 Å². The monoisotopic (exact) mass is 641 g/mol. The maximum Gasteiger partial charge on any atom is 0.127 e. The van der Waals surface area contributed by atoms with E-state index < -0.39 is 0 Å². The van der Waals surface area contributed by atoms with E-state index in [1.807, 2.05) is 0 Å². The molecule has 4 heteroatoms. The van der Waals surface area contributed by atoms with Gasteiger partial charge in [-0.25, -0.2) is 0 Å².